The first-order valence-electron chi connectivity index (χ1n) is 6.58. The van der Waals surface area contributed by atoms with E-state index in [4.69, 9.17) is 5.11 Å². The lowest BCUT2D eigenvalue weighted by atomic mass is 10.3. The average Bonchev–Trinajstić information content (AvgIpc) is 3.04. The van der Waals surface area contributed by atoms with Crippen LogP contribution in [0.1, 0.15) is 26.6 Å². The Kier molecular flexibility index (Phi) is 4.84. The number of hydrogen-bond donors (Lipinski definition) is 1. The van der Waals surface area contributed by atoms with Crippen LogP contribution in [-0.4, -0.2) is 34.1 Å². The predicted octanol–water partition coefficient (Wildman–Crippen LogP) is 2.01. The predicted molar refractivity (Wildman–Crippen MR) is 84.2 cm³/mol. The molecule has 4 nitrogen and oxygen atoms in total. The lowest BCUT2D eigenvalue weighted by molar-refractivity contribution is 0.0777. The fourth-order valence-corrected chi connectivity index (χ4v) is 2.87. The first-order chi connectivity index (χ1) is 10.0. The van der Waals surface area contributed by atoms with Crippen molar-refractivity contribution in [2.24, 2.45) is 7.05 Å². The zero-order valence-corrected chi connectivity index (χ0v) is 13.2. The number of nitrogens with zero attached hydrogens (tertiary/aromatic N) is 2. The lowest BCUT2D eigenvalue weighted by Gasteiger charge is -2.16. The van der Waals surface area contributed by atoms with Crippen LogP contribution in [0, 0.1) is 18.8 Å². The summed E-state index contributed by atoms with van der Waals surface area (Å²) in [5, 5.41) is 10.6. The number of rotatable bonds is 3. The van der Waals surface area contributed by atoms with Gasteiger partial charge in [-0.3, -0.25) is 4.79 Å². The number of aliphatic hydroxyl groups excluding tert-OH is 1. The van der Waals surface area contributed by atoms with Crippen LogP contribution in [-0.2, 0) is 13.6 Å². The maximum atomic E-state index is 12.4. The number of amides is 1. The fraction of sp³-hybridized carbons (Fsp3) is 0.312. The van der Waals surface area contributed by atoms with Gasteiger partial charge < -0.3 is 14.6 Å². The average molecular weight is 302 g/mol. The van der Waals surface area contributed by atoms with Gasteiger partial charge in [0.05, 0.1) is 6.54 Å². The van der Waals surface area contributed by atoms with Crippen LogP contribution in [0.2, 0.25) is 0 Å². The molecule has 0 atom stereocenters. The minimum absolute atomic E-state index is 0.00184. The van der Waals surface area contributed by atoms with Crippen molar-refractivity contribution < 1.29 is 9.90 Å². The lowest BCUT2D eigenvalue weighted by Crippen LogP contribution is -2.27. The van der Waals surface area contributed by atoms with E-state index < -0.39 is 0 Å². The van der Waals surface area contributed by atoms with Gasteiger partial charge in [-0.15, -0.1) is 11.3 Å². The third-order valence-electron chi connectivity index (χ3n) is 3.30. The van der Waals surface area contributed by atoms with Gasteiger partial charge in [0.2, 0.25) is 0 Å². The molecule has 5 heteroatoms. The highest BCUT2D eigenvalue weighted by Crippen LogP contribution is 2.17. The van der Waals surface area contributed by atoms with Gasteiger partial charge in [0.15, 0.2) is 0 Å². The third-order valence-corrected chi connectivity index (χ3v) is 4.22. The van der Waals surface area contributed by atoms with Crippen LogP contribution in [0.3, 0.4) is 0 Å². The molecule has 0 unspecified atom stereocenters. The Morgan fingerprint density at radius 2 is 2.24 bits per heavy atom. The van der Waals surface area contributed by atoms with E-state index in [0.29, 0.717) is 12.2 Å². The van der Waals surface area contributed by atoms with Crippen LogP contribution >= 0.6 is 11.3 Å². The molecule has 0 bridgehead atoms. The molecule has 0 aliphatic rings. The Hall–Kier alpha value is -2.03. The van der Waals surface area contributed by atoms with Crippen LogP contribution in [0.25, 0.3) is 0 Å². The molecule has 0 aliphatic carbocycles. The van der Waals surface area contributed by atoms with Crippen molar-refractivity contribution >= 4 is 17.2 Å². The van der Waals surface area contributed by atoms with Crippen LogP contribution in [0.5, 0.6) is 0 Å². The summed E-state index contributed by atoms with van der Waals surface area (Å²) in [5.74, 6) is 5.48. The van der Waals surface area contributed by atoms with Gasteiger partial charge in [-0.1, -0.05) is 11.8 Å². The maximum absolute atomic E-state index is 12.4. The first-order valence-corrected chi connectivity index (χ1v) is 7.46. The second kappa shape index (κ2) is 6.61. The highest BCUT2D eigenvalue weighted by Gasteiger charge is 2.16. The molecule has 0 aliphatic heterocycles. The minimum atomic E-state index is -0.142. The SMILES string of the molecule is Cc1ccc(C(=O)N(C)Cc2cc(C#CCO)cs2)n1C. The molecule has 110 valence electrons. The van der Waals surface area contributed by atoms with Crippen molar-refractivity contribution in [3.63, 3.8) is 0 Å². The van der Waals surface area contributed by atoms with Crippen LogP contribution in [0.4, 0.5) is 0 Å². The molecule has 2 heterocycles. The molecule has 2 aromatic rings. The second-order valence-corrected chi connectivity index (χ2v) is 5.84. The van der Waals surface area contributed by atoms with E-state index in [1.807, 2.05) is 42.1 Å². The Balaban J connectivity index is 2.07. The Morgan fingerprint density at radius 3 is 2.86 bits per heavy atom. The number of thiophene rings is 1. The molecule has 0 saturated carbocycles. The number of aliphatic hydroxyl groups is 1. The van der Waals surface area contributed by atoms with Gasteiger partial charge in [-0.25, -0.2) is 0 Å². The number of aryl methyl sites for hydroxylation is 1. The van der Waals surface area contributed by atoms with Crippen molar-refractivity contribution in [1.29, 1.82) is 0 Å². The van der Waals surface area contributed by atoms with E-state index in [2.05, 4.69) is 11.8 Å². The third kappa shape index (κ3) is 3.54. The molecule has 0 spiro atoms. The minimum Gasteiger partial charge on any atom is -0.384 e. The molecule has 0 radical (unpaired) electrons. The van der Waals surface area contributed by atoms with E-state index >= 15 is 0 Å². The van der Waals surface area contributed by atoms with Crippen molar-refractivity contribution in [1.82, 2.24) is 9.47 Å². The summed E-state index contributed by atoms with van der Waals surface area (Å²) in [6, 6.07) is 5.74. The summed E-state index contributed by atoms with van der Waals surface area (Å²) in [7, 11) is 3.69. The highest BCUT2D eigenvalue weighted by molar-refractivity contribution is 7.10. The number of aromatic nitrogens is 1. The van der Waals surface area contributed by atoms with E-state index in [1.165, 1.54) is 0 Å². The zero-order valence-electron chi connectivity index (χ0n) is 12.4. The largest absolute Gasteiger partial charge is 0.384 e. The van der Waals surface area contributed by atoms with Gasteiger partial charge in [0, 0.05) is 35.6 Å². The van der Waals surface area contributed by atoms with E-state index in [0.717, 1.165) is 16.1 Å². The maximum Gasteiger partial charge on any atom is 0.270 e. The summed E-state index contributed by atoms with van der Waals surface area (Å²) in [5.41, 5.74) is 2.62. The monoisotopic (exact) mass is 302 g/mol. The van der Waals surface area contributed by atoms with Crippen LogP contribution < -0.4 is 0 Å². The van der Waals surface area contributed by atoms with Gasteiger partial charge in [-0.05, 0) is 25.1 Å². The Bertz CT molecular complexity index is 703. The highest BCUT2D eigenvalue weighted by atomic mass is 32.1. The Labute approximate surface area is 128 Å². The zero-order chi connectivity index (χ0) is 15.4. The molecule has 2 aromatic heterocycles. The Morgan fingerprint density at radius 1 is 1.48 bits per heavy atom. The molecular weight excluding hydrogens is 284 g/mol. The normalized spacial score (nSPS) is 10.1. The van der Waals surface area contributed by atoms with Crippen molar-refractivity contribution in [2.45, 2.75) is 13.5 Å². The molecule has 1 N–H and O–H groups in total. The van der Waals surface area contributed by atoms with E-state index in [-0.39, 0.29) is 12.5 Å². The second-order valence-electron chi connectivity index (χ2n) is 4.84. The van der Waals surface area contributed by atoms with Crippen molar-refractivity contribution in [3.8, 4) is 11.8 Å². The number of carbonyl (C=O) groups excluding carboxylic acids is 1. The standard InChI is InChI=1S/C16H18N2O2S/c1-12-6-7-15(18(12)3)16(20)17(2)10-14-9-13(11-21-14)5-4-8-19/h6-7,9,11,19H,8,10H2,1-3H3. The summed E-state index contributed by atoms with van der Waals surface area (Å²) < 4.78 is 1.89. The molecule has 21 heavy (non-hydrogen) atoms. The molecule has 0 aromatic carbocycles. The number of carbonyl (C=O) groups is 1. The molecule has 1 amide bonds. The van der Waals surface area contributed by atoms with Crippen LogP contribution in [0.15, 0.2) is 23.6 Å². The van der Waals surface area contributed by atoms with Crippen molar-refractivity contribution in [3.05, 3.63) is 45.4 Å². The quantitative estimate of drug-likeness (QED) is 0.882. The van der Waals surface area contributed by atoms with Gasteiger partial charge in [0.25, 0.3) is 5.91 Å². The fourth-order valence-electron chi connectivity index (χ4n) is 2.00. The van der Waals surface area contributed by atoms with Gasteiger partial charge >= 0.3 is 0 Å². The first kappa shape index (κ1) is 15.4. The smallest absolute Gasteiger partial charge is 0.270 e. The molecular formula is C16H18N2O2S. The summed E-state index contributed by atoms with van der Waals surface area (Å²) in [6.45, 7) is 2.38. The van der Waals surface area contributed by atoms with E-state index in [9.17, 15) is 4.79 Å². The molecule has 0 fully saturated rings. The molecule has 2 rings (SSSR count). The van der Waals surface area contributed by atoms with Gasteiger partial charge in [0.1, 0.15) is 12.3 Å². The topological polar surface area (TPSA) is 45.5 Å². The summed E-state index contributed by atoms with van der Waals surface area (Å²) in [6.07, 6.45) is 0. The van der Waals surface area contributed by atoms with Gasteiger partial charge in [-0.2, -0.15) is 0 Å². The summed E-state index contributed by atoms with van der Waals surface area (Å²) >= 11 is 1.57. The summed E-state index contributed by atoms with van der Waals surface area (Å²) in [4.78, 5) is 15.2. The van der Waals surface area contributed by atoms with Crippen molar-refractivity contribution in [2.75, 3.05) is 13.7 Å². The van der Waals surface area contributed by atoms with E-state index in [1.54, 1.807) is 23.3 Å². The number of hydrogen-bond acceptors (Lipinski definition) is 3. The molecule has 0 saturated heterocycles.